The zero-order chi connectivity index (χ0) is 10.5. The lowest BCUT2D eigenvalue weighted by Gasteiger charge is -2.06. The molecule has 76 valence electrons. The predicted molar refractivity (Wildman–Crippen MR) is 56.1 cm³/mol. The van der Waals surface area contributed by atoms with Gasteiger partial charge in [0.15, 0.2) is 0 Å². The van der Waals surface area contributed by atoms with Crippen LogP contribution in [0.3, 0.4) is 0 Å². The molecule has 5 heteroatoms. The van der Waals surface area contributed by atoms with E-state index < -0.39 is 0 Å². The van der Waals surface area contributed by atoms with Crippen molar-refractivity contribution in [3.05, 3.63) is 48.5 Å². The maximum absolute atomic E-state index is 11.4. The third-order valence-corrected chi connectivity index (χ3v) is 1.84. The van der Waals surface area contributed by atoms with E-state index in [1.54, 1.807) is 0 Å². The van der Waals surface area contributed by atoms with Crippen LogP contribution in [0.15, 0.2) is 42.9 Å². The number of carbonyl (C=O) groups excluding carboxylic acids is 1. The molecule has 0 spiro atoms. The van der Waals surface area contributed by atoms with Crippen LogP contribution in [0.25, 0.3) is 0 Å². The van der Waals surface area contributed by atoms with Crippen LogP contribution in [-0.2, 0) is 0 Å². The van der Waals surface area contributed by atoms with E-state index in [0.717, 1.165) is 5.69 Å². The average Bonchev–Trinajstić information content (AvgIpc) is 2.81. The number of anilines is 1. The third-order valence-electron chi connectivity index (χ3n) is 1.84. The Labute approximate surface area is 86.5 Å². The summed E-state index contributed by atoms with van der Waals surface area (Å²) in [5.41, 5.74) is 6.57. The van der Waals surface area contributed by atoms with Gasteiger partial charge in [0.05, 0.1) is 18.2 Å². The van der Waals surface area contributed by atoms with Crippen LogP contribution in [0.2, 0.25) is 0 Å². The summed E-state index contributed by atoms with van der Waals surface area (Å²) in [4.78, 5) is 17.9. The van der Waals surface area contributed by atoms with Gasteiger partial charge in [-0.1, -0.05) is 18.2 Å². The smallest absolute Gasteiger partial charge is 0.287 e. The summed E-state index contributed by atoms with van der Waals surface area (Å²) in [5.74, 6) is -0.253. The molecule has 1 amide bonds. The van der Waals surface area contributed by atoms with Crippen LogP contribution >= 0.6 is 0 Å². The lowest BCUT2D eigenvalue weighted by molar-refractivity contribution is 0.0958. The fraction of sp³-hybridized carbons (Fsp3) is 0. The fourth-order valence-corrected chi connectivity index (χ4v) is 1.10. The van der Waals surface area contributed by atoms with Gasteiger partial charge in [-0.3, -0.25) is 15.6 Å². The number of rotatable bonds is 3. The largest absolute Gasteiger partial charge is 0.341 e. The highest BCUT2D eigenvalue weighted by atomic mass is 16.2. The molecule has 0 aliphatic rings. The minimum Gasteiger partial charge on any atom is -0.341 e. The van der Waals surface area contributed by atoms with Gasteiger partial charge in [-0.15, -0.1) is 0 Å². The molecule has 15 heavy (non-hydrogen) atoms. The van der Waals surface area contributed by atoms with Crippen LogP contribution in [-0.4, -0.2) is 15.9 Å². The molecule has 0 saturated heterocycles. The summed E-state index contributed by atoms with van der Waals surface area (Å²) in [5, 5.41) is 0. The number of hydrogen-bond donors (Lipinski definition) is 3. The molecule has 0 unspecified atom stereocenters. The maximum atomic E-state index is 11.4. The quantitative estimate of drug-likeness (QED) is 0.654. The van der Waals surface area contributed by atoms with Crippen LogP contribution in [0.1, 0.15) is 10.5 Å². The second-order valence-electron chi connectivity index (χ2n) is 2.91. The van der Waals surface area contributed by atoms with Crippen LogP contribution < -0.4 is 10.9 Å². The molecule has 1 aromatic carbocycles. The van der Waals surface area contributed by atoms with Crippen molar-refractivity contribution in [2.45, 2.75) is 0 Å². The van der Waals surface area contributed by atoms with Gasteiger partial charge in [-0.2, -0.15) is 0 Å². The number of aromatic nitrogens is 2. The second kappa shape index (κ2) is 4.28. The Morgan fingerprint density at radius 3 is 2.73 bits per heavy atom. The normalized spacial score (nSPS) is 9.60. The highest BCUT2D eigenvalue weighted by molar-refractivity contribution is 5.92. The molecule has 2 rings (SSSR count). The van der Waals surface area contributed by atoms with E-state index in [2.05, 4.69) is 20.8 Å². The molecule has 0 fully saturated rings. The lowest BCUT2D eigenvalue weighted by atomic mass is 10.3. The number of para-hydroxylation sites is 1. The predicted octanol–water partition coefficient (Wildman–Crippen LogP) is 1.17. The molecule has 1 heterocycles. The number of benzene rings is 1. The number of nitrogens with one attached hydrogen (secondary N) is 3. The number of imidazole rings is 1. The number of nitrogens with zero attached hydrogens (tertiary/aromatic N) is 1. The van der Waals surface area contributed by atoms with Crippen molar-refractivity contribution in [1.82, 2.24) is 15.4 Å². The Hall–Kier alpha value is -2.30. The minimum absolute atomic E-state index is 0.253. The lowest BCUT2D eigenvalue weighted by Crippen LogP contribution is -2.29. The minimum atomic E-state index is -0.253. The van der Waals surface area contributed by atoms with Gasteiger partial charge in [-0.05, 0) is 12.1 Å². The first kappa shape index (κ1) is 9.26. The van der Waals surface area contributed by atoms with Gasteiger partial charge in [0.25, 0.3) is 5.91 Å². The zero-order valence-corrected chi connectivity index (χ0v) is 7.90. The van der Waals surface area contributed by atoms with Crippen molar-refractivity contribution in [2.75, 3.05) is 5.43 Å². The number of H-pyrrole nitrogens is 1. The molecule has 1 aromatic heterocycles. The van der Waals surface area contributed by atoms with Crippen molar-refractivity contribution in [3.63, 3.8) is 0 Å². The van der Waals surface area contributed by atoms with Crippen molar-refractivity contribution in [1.29, 1.82) is 0 Å². The Kier molecular flexibility index (Phi) is 2.64. The van der Waals surface area contributed by atoms with Crippen molar-refractivity contribution < 1.29 is 4.79 Å². The molecule has 0 radical (unpaired) electrons. The average molecular weight is 202 g/mol. The molecule has 3 N–H and O–H groups in total. The van der Waals surface area contributed by atoms with Gasteiger partial charge in [-0.25, -0.2) is 4.98 Å². The maximum Gasteiger partial charge on any atom is 0.287 e. The Morgan fingerprint density at radius 1 is 1.27 bits per heavy atom. The molecule has 2 aromatic rings. The summed E-state index contributed by atoms with van der Waals surface area (Å²) >= 11 is 0. The van der Waals surface area contributed by atoms with Gasteiger partial charge in [0.2, 0.25) is 0 Å². The third kappa shape index (κ3) is 2.34. The summed E-state index contributed by atoms with van der Waals surface area (Å²) in [6.45, 7) is 0. The number of hydrazine groups is 1. The summed E-state index contributed by atoms with van der Waals surface area (Å²) in [7, 11) is 0. The van der Waals surface area contributed by atoms with E-state index in [1.165, 1.54) is 12.5 Å². The fourth-order valence-electron chi connectivity index (χ4n) is 1.10. The van der Waals surface area contributed by atoms with E-state index >= 15 is 0 Å². The number of amides is 1. The van der Waals surface area contributed by atoms with Crippen LogP contribution in [0.5, 0.6) is 0 Å². The summed E-state index contributed by atoms with van der Waals surface area (Å²) < 4.78 is 0. The molecule has 0 atom stereocenters. The second-order valence-corrected chi connectivity index (χ2v) is 2.91. The zero-order valence-electron chi connectivity index (χ0n) is 7.90. The van der Waals surface area contributed by atoms with Crippen molar-refractivity contribution in [3.8, 4) is 0 Å². The monoisotopic (exact) mass is 202 g/mol. The van der Waals surface area contributed by atoms with E-state index in [0.29, 0.717) is 5.69 Å². The summed E-state index contributed by atoms with van der Waals surface area (Å²) in [6.07, 6.45) is 2.92. The van der Waals surface area contributed by atoms with Crippen molar-refractivity contribution in [2.24, 2.45) is 0 Å². The molecule has 0 aliphatic heterocycles. The topological polar surface area (TPSA) is 69.8 Å². The molecule has 0 saturated carbocycles. The highest BCUT2D eigenvalue weighted by Gasteiger charge is 2.04. The Balaban J connectivity index is 1.92. The van der Waals surface area contributed by atoms with Gasteiger partial charge in [0.1, 0.15) is 5.69 Å². The van der Waals surface area contributed by atoms with Crippen molar-refractivity contribution >= 4 is 11.6 Å². The standard InChI is InChI=1S/C10H10N4O/c15-10(9-6-11-7-12-9)14-13-8-4-2-1-3-5-8/h1-7,13H,(H,11,12)(H,14,15). The van der Waals surface area contributed by atoms with E-state index in [1.807, 2.05) is 30.3 Å². The van der Waals surface area contributed by atoms with Crippen LogP contribution in [0, 0.1) is 0 Å². The van der Waals surface area contributed by atoms with E-state index in [4.69, 9.17) is 0 Å². The Morgan fingerprint density at radius 2 is 2.07 bits per heavy atom. The first-order valence-electron chi connectivity index (χ1n) is 4.46. The highest BCUT2D eigenvalue weighted by Crippen LogP contribution is 2.02. The number of hydrogen-bond acceptors (Lipinski definition) is 3. The van der Waals surface area contributed by atoms with Gasteiger partial charge < -0.3 is 4.98 Å². The molecule has 0 aliphatic carbocycles. The molecular weight excluding hydrogens is 192 g/mol. The number of aromatic amines is 1. The van der Waals surface area contributed by atoms with E-state index in [-0.39, 0.29) is 5.91 Å². The first-order chi connectivity index (χ1) is 7.36. The SMILES string of the molecule is O=C(NNc1ccccc1)c1cnc[nH]1. The number of carbonyl (C=O) groups is 1. The molecule has 0 bridgehead atoms. The van der Waals surface area contributed by atoms with Gasteiger partial charge >= 0.3 is 0 Å². The Bertz CT molecular complexity index is 424. The molecule has 5 nitrogen and oxygen atoms in total. The summed E-state index contributed by atoms with van der Waals surface area (Å²) in [6, 6.07) is 9.37. The first-order valence-corrected chi connectivity index (χ1v) is 4.46. The van der Waals surface area contributed by atoms with Crippen LogP contribution in [0.4, 0.5) is 5.69 Å². The van der Waals surface area contributed by atoms with E-state index in [9.17, 15) is 4.79 Å². The molecular formula is C10H10N4O. The van der Waals surface area contributed by atoms with Gasteiger partial charge in [0, 0.05) is 0 Å².